The van der Waals surface area contributed by atoms with Crippen LogP contribution >= 0.6 is 0 Å². The molecule has 0 fully saturated rings. The molecule has 0 aliphatic carbocycles. The first-order valence-corrected chi connectivity index (χ1v) is 8.09. The summed E-state index contributed by atoms with van der Waals surface area (Å²) in [5.41, 5.74) is 7.21. The normalized spacial score (nSPS) is 10.7. The van der Waals surface area contributed by atoms with Crippen LogP contribution in [0.1, 0.15) is 5.56 Å². The van der Waals surface area contributed by atoms with E-state index >= 15 is 0 Å². The van der Waals surface area contributed by atoms with Gasteiger partial charge in [0.15, 0.2) is 5.82 Å². The lowest BCUT2D eigenvalue weighted by molar-refractivity contribution is 0.415. The number of methoxy groups -OCH3 is 1. The maximum Gasteiger partial charge on any atom is 0.356 e. The number of fused-ring (bicyclic) bond motifs is 1. The molecule has 4 aromatic rings. The third-order valence-corrected chi connectivity index (χ3v) is 4.25. The third kappa shape index (κ3) is 2.60. The van der Waals surface area contributed by atoms with Crippen LogP contribution in [0.25, 0.3) is 27.9 Å². The number of para-hydroxylation sites is 1. The van der Waals surface area contributed by atoms with Crippen molar-refractivity contribution < 1.29 is 9.15 Å². The van der Waals surface area contributed by atoms with Crippen LogP contribution in [0.4, 0.5) is 5.82 Å². The van der Waals surface area contributed by atoms with E-state index in [0.717, 1.165) is 0 Å². The van der Waals surface area contributed by atoms with Crippen LogP contribution in [0, 0.1) is 11.3 Å². The highest BCUT2D eigenvalue weighted by molar-refractivity contribution is 6.01. The van der Waals surface area contributed by atoms with E-state index in [1.807, 2.05) is 36.4 Å². The number of anilines is 1. The van der Waals surface area contributed by atoms with Gasteiger partial charge in [-0.3, -0.25) is 0 Å². The highest BCUT2D eigenvalue weighted by Gasteiger charge is 2.23. The Labute approximate surface area is 153 Å². The molecule has 2 aromatic heterocycles. The molecule has 27 heavy (non-hydrogen) atoms. The fourth-order valence-corrected chi connectivity index (χ4v) is 3.01. The second-order valence-corrected chi connectivity index (χ2v) is 5.79. The molecule has 0 aliphatic rings. The van der Waals surface area contributed by atoms with Gasteiger partial charge in [-0.05, 0) is 29.8 Å². The quantitative estimate of drug-likeness (QED) is 0.603. The molecular weight excluding hydrogens is 344 g/mol. The van der Waals surface area contributed by atoms with Gasteiger partial charge >= 0.3 is 5.63 Å². The molecule has 7 heteroatoms. The average Bonchev–Trinajstić information content (AvgIpc) is 3.03. The highest BCUT2D eigenvalue weighted by Crippen LogP contribution is 2.35. The third-order valence-electron chi connectivity index (χ3n) is 4.25. The van der Waals surface area contributed by atoms with Gasteiger partial charge in [-0.15, -0.1) is 5.10 Å². The number of nitrogens with two attached hydrogens (primary N) is 1. The molecule has 7 nitrogen and oxygen atoms in total. The summed E-state index contributed by atoms with van der Waals surface area (Å²) < 4.78 is 12.0. The van der Waals surface area contributed by atoms with E-state index in [1.54, 1.807) is 31.4 Å². The van der Waals surface area contributed by atoms with Gasteiger partial charge in [0, 0.05) is 5.56 Å². The Morgan fingerprint density at radius 2 is 1.85 bits per heavy atom. The molecule has 0 amide bonds. The summed E-state index contributed by atoms with van der Waals surface area (Å²) in [4.78, 5) is 12.5. The molecule has 0 radical (unpaired) electrons. The summed E-state index contributed by atoms with van der Waals surface area (Å²) in [6.45, 7) is 0. The maximum absolute atomic E-state index is 12.5. The number of hydrogen-bond acceptors (Lipinski definition) is 6. The molecule has 4 rings (SSSR count). The van der Waals surface area contributed by atoms with Gasteiger partial charge in [-0.2, -0.15) is 9.94 Å². The molecule has 2 aromatic carbocycles. The van der Waals surface area contributed by atoms with Gasteiger partial charge in [0.25, 0.3) is 0 Å². The lowest BCUT2D eigenvalue weighted by Crippen LogP contribution is -2.08. The van der Waals surface area contributed by atoms with Crippen LogP contribution in [0.3, 0.4) is 0 Å². The largest absolute Gasteiger partial charge is 0.497 e. The van der Waals surface area contributed by atoms with E-state index in [2.05, 4.69) is 5.10 Å². The van der Waals surface area contributed by atoms with Gasteiger partial charge in [-0.1, -0.05) is 30.3 Å². The molecule has 0 spiro atoms. The Morgan fingerprint density at radius 3 is 2.48 bits per heavy atom. The van der Waals surface area contributed by atoms with Gasteiger partial charge in [0.2, 0.25) is 5.71 Å². The van der Waals surface area contributed by atoms with Gasteiger partial charge < -0.3 is 14.9 Å². The first-order valence-electron chi connectivity index (χ1n) is 8.09. The Kier molecular flexibility index (Phi) is 3.86. The van der Waals surface area contributed by atoms with E-state index in [-0.39, 0.29) is 17.1 Å². The second-order valence-electron chi connectivity index (χ2n) is 5.79. The number of benzene rings is 2. The van der Waals surface area contributed by atoms with E-state index < -0.39 is 5.63 Å². The molecule has 2 heterocycles. The number of hydrogen-bond donors (Lipinski definition) is 1. The summed E-state index contributed by atoms with van der Waals surface area (Å²) in [7, 11) is 1.56. The van der Waals surface area contributed by atoms with Crippen molar-refractivity contribution >= 4 is 16.9 Å². The van der Waals surface area contributed by atoms with Crippen LogP contribution in [-0.4, -0.2) is 16.9 Å². The molecule has 0 saturated carbocycles. The molecule has 0 bridgehead atoms. The zero-order chi connectivity index (χ0) is 19.0. The minimum absolute atomic E-state index is 0.119. The van der Waals surface area contributed by atoms with Crippen molar-refractivity contribution in [2.24, 2.45) is 0 Å². The molecule has 132 valence electrons. The van der Waals surface area contributed by atoms with Crippen molar-refractivity contribution in [2.45, 2.75) is 0 Å². The SMILES string of the molecule is COc1ccc(-c2c(C#N)c(=O)oc3c2c(N)nn3-c2ccccc2)cc1. The standard InChI is InChI=1S/C20H14N4O3/c1-26-14-9-7-12(8-10-14)16-15(11-21)20(25)27-19-17(16)18(22)23-24(19)13-5-3-2-4-6-13/h2-10H,1H3,(H2,22,23). The predicted molar refractivity (Wildman–Crippen MR) is 101 cm³/mol. The lowest BCUT2D eigenvalue weighted by atomic mass is 9.99. The van der Waals surface area contributed by atoms with E-state index in [4.69, 9.17) is 14.9 Å². The van der Waals surface area contributed by atoms with Gasteiger partial charge in [0.1, 0.15) is 17.4 Å². The van der Waals surface area contributed by atoms with Crippen molar-refractivity contribution in [3.05, 3.63) is 70.6 Å². The fourth-order valence-electron chi connectivity index (χ4n) is 3.01. The zero-order valence-corrected chi connectivity index (χ0v) is 14.3. The van der Waals surface area contributed by atoms with E-state index in [1.165, 1.54) is 4.68 Å². The lowest BCUT2D eigenvalue weighted by Gasteiger charge is -2.07. The van der Waals surface area contributed by atoms with Crippen LogP contribution in [-0.2, 0) is 0 Å². The molecule has 0 aliphatic heterocycles. The molecule has 0 atom stereocenters. The van der Waals surface area contributed by atoms with Gasteiger partial charge in [-0.25, -0.2) is 4.79 Å². The second kappa shape index (κ2) is 6.35. The van der Waals surface area contributed by atoms with Crippen molar-refractivity contribution in [1.29, 1.82) is 5.26 Å². The van der Waals surface area contributed by atoms with Crippen LogP contribution in [0.15, 0.2) is 63.8 Å². The van der Waals surface area contributed by atoms with Crippen molar-refractivity contribution in [1.82, 2.24) is 9.78 Å². The number of rotatable bonds is 3. The summed E-state index contributed by atoms with van der Waals surface area (Å²) in [5.74, 6) is 0.823. The Hall–Kier alpha value is -4.05. The van der Waals surface area contributed by atoms with Crippen LogP contribution in [0.5, 0.6) is 5.75 Å². The first kappa shape index (κ1) is 16.4. The van der Waals surface area contributed by atoms with E-state index in [0.29, 0.717) is 28.0 Å². The minimum Gasteiger partial charge on any atom is -0.497 e. The van der Waals surface area contributed by atoms with Crippen LogP contribution in [0.2, 0.25) is 0 Å². The Bertz CT molecular complexity index is 1230. The first-order chi connectivity index (χ1) is 13.1. The average molecular weight is 358 g/mol. The summed E-state index contributed by atoms with van der Waals surface area (Å²) in [6, 6.07) is 18.1. The van der Waals surface area contributed by atoms with Crippen molar-refractivity contribution in [2.75, 3.05) is 12.8 Å². The molecule has 0 saturated heterocycles. The maximum atomic E-state index is 12.5. The number of ether oxygens (including phenoxy) is 1. The number of nitrogens with zero attached hydrogens (tertiary/aromatic N) is 3. The number of aromatic nitrogens is 2. The minimum atomic E-state index is -0.743. The number of nitrogen functional groups attached to an aromatic ring is 1. The molecular formula is C20H14N4O3. The predicted octanol–water partition coefficient (Wildman–Crippen LogP) is 3.11. The van der Waals surface area contributed by atoms with Crippen LogP contribution < -0.4 is 16.1 Å². The topological polar surface area (TPSA) is 107 Å². The summed E-state index contributed by atoms with van der Waals surface area (Å²) >= 11 is 0. The highest BCUT2D eigenvalue weighted by atomic mass is 16.5. The fraction of sp³-hybridized carbons (Fsp3) is 0.0500. The van der Waals surface area contributed by atoms with Crippen molar-refractivity contribution in [3.8, 4) is 28.6 Å². The zero-order valence-electron chi connectivity index (χ0n) is 14.3. The van der Waals surface area contributed by atoms with Gasteiger partial charge in [0.05, 0.1) is 18.2 Å². The number of nitriles is 1. The summed E-state index contributed by atoms with van der Waals surface area (Å²) in [6.07, 6.45) is 0. The smallest absolute Gasteiger partial charge is 0.356 e. The monoisotopic (exact) mass is 358 g/mol. The molecule has 0 unspecified atom stereocenters. The summed E-state index contributed by atoms with van der Waals surface area (Å²) in [5, 5.41) is 14.3. The van der Waals surface area contributed by atoms with Crippen molar-refractivity contribution in [3.63, 3.8) is 0 Å². The Balaban J connectivity index is 2.09. The Morgan fingerprint density at radius 1 is 1.15 bits per heavy atom. The van der Waals surface area contributed by atoms with E-state index in [9.17, 15) is 10.1 Å². The molecule has 2 N–H and O–H groups in total.